The number of methoxy groups -OCH3 is 2. The lowest BCUT2D eigenvalue weighted by Crippen LogP contribution is -2.53. The van der Waals surface area contributed by atoms with Crippen LogP contribution in [0.5, 0.6) is 11.5 Å². The first kappa shape index (κ1) is 13.7. The van der Waals surface area contributed by atoms with Crippen LogP contribution in [-0.4, -0.2) is 31.0 Å². The Kier molecular flexibility index (Phi) is 3.61. The molecular formula is C16H22O4. The van der Waals surface area contributed by atoms with Gasteiger partial charge in [0.05, 0.1) is 19.3 Å². The molecule has 1 aliphatic carbocycles. The number of rotatable bonds is 2. The molecule has 1 N–H and O–H groups in total. The van der Waals surface area contributed by atoms with Gasteiger partial charge in [-0.05, 0) is 37.5 Å². The van der Waals surface area contributed by atoms with E-state index in [0.717, 1.165) is 42.7 Å². The first-order chi connectivity index (χ1) is 9.68. The molecular weight excluding hydrogens is 256 g/mol. The molecule has 0 amide bonds. The second kappa shape index (κ2) is 5.26. The number of benzene rings is 1. The van der Waals surface area contributed by atoms with E-state index in [-0.39, 0.29) is 11.7 Å². The molecule has 1 heterocycles. The topological polar surface area (TPSA) is 47.9 Å². The Morgan fingerprint density at radius 1 is 1.30 bits per heavy atom. The first-order valence-corrected chi connectivity index (χ1v) is 7.26. The quantitative estimate of drug-likeness (QED) is 0.903. The standard InChI is InChI=1S/C16H22O4/c1-18-11-6-7-14-12(9-11)13(17)10-16(20-14)8-4-3-5-15(16)19-2/h6-7,9,13,15,17H,3-5,8,10H2,1-2H3/t13-,15?,16?/m1/s1. The van der Waals surface area contributed by atoms with Crippen LogP contribution in [0.4, 0.5) is 0 Å². The summed E-state index contributed by atoms with van der Waals surface area (Å²) in [6, 6.07) is 5.62. The van der Waals surface area contributed by atoms with Crippen molar-refractivity contribution in [2.75, 3.05) is 14.2 Å². The lowest BCUT2D eigenvalue weighted by atomic mass is 9.75. The largest absolute Gasteiger partial charge is 0.497 e. The average molecular weight is 278 g/mol. The molecule has 1 aromatic rings. The van der Waals surface area contributed by atoms with Crippen LogP contribution in [0.1, 0.15) is 43.8 Å². The number of aliphatic hydroxyl groups is 1. The van der Waals surface area contributed by atoms with E-state index in [0.29, 0.717) is 6.42 Å². The molecule has 4 heteroatoms. The van der Waals surface area contributed by atoms with Gasteiger partial charge >= 0.3 is 0 Å². The van der Waals surface area contributed by atoms with Crippen LogP contribution in [-0.2, 0) is 4.74 Å². The van der Waals surface area contributed by atoms with E-state index < -0.39 is 6.10 Å². The molecule has 2 unspecified atom stereocenters. The molecule has 20 heavy (non-hydrogen) atoms. The number of ether oxygens (including phenoxy) is 3. The van der Waals surface area contributed by atoms with E-state index in [2.05, 4.69) is 0 Å². The minimum Gasteiger partial charge on any atom is -0.497 e. The molecule has 0 saturated heterocycles. The maximum Gasteiger partial charge on any atom is 0.138 e. The fourth-order valence-electron chi connectivity index (χ4n) is 3.57. The maximum atomic E-state index is 10.5. The molecule has 0 radical (unpaired) electrons. The van der Waals surface area contributed by atoms with Gasteiger partial charge in [-0.2, -0.15) is 0 Å². The van der Waals surface area contributed by atoms with Crippen molar-refractivity contribution in [2.45, 2.75) is 49.9 Å². The minimum absolute atomic E-state index is 0.0566. The van der Waals surface area contributed by atoms with Gasteiger partial charge in [-0.3, -0.25) is 0 Å². The number of fused-ring (bicyclic) bond motifs is 1. The summed E-state index contributed by atoms with van der Waals surface area (Å²) >= 11 is 0. The Morgan fingerprint density at radius 3 is 2.90 bits per heavy atom. The van der Waals surface area contributed by atoms with Crippen molar-refractivity contribution in [3.63, 3.8) is 0 Å². The average Bonchev–Trinajstić information content (AvgIpc) is 2.47. The Labute approximate surface area is 119 Å². The highest BCUT2D eigenvalue weighted by Gasteiger charge is 2.48. The van der Waals surface area contributed by atoms with Crippen LogP contribution in [0.15, 0.2) is 18.2 Å². The molecule has 3 rings (SSSR count). The van der Waals surface area contributed by atoms with Gasteiger partial charge in [0.2, 0.25) is 0 Å². The van der Waals surface area contributed by atoms with Crippen LogP contribution < -0.4 is 9.47 Å². The van der Waals surface area contributed by atoms with Crippen molar-refractivity contribution < 1.29 is 19.3 Å². The van der Waals surface area contributed by atoms with Gasteiger partial charge in [-0.15, -0.1) is 0 Å². The van der Waals surface area contributed by atoms with Crippen molar-refractivity contribution in [2.24, 2.45) is 0 Å². The van der Waals surface area contributed by atoms with Crippen molar-refractivity contribution in [1.29, 1.82) is 0 Å². The van der Waals surface area contributed by atoms with Gasteiger partial charge in [-0.1, -0.05) is 6.42 Å². The highest BCUT2D eigenvalue weighted by Crippen LogP contribution is 2.47. The molecule has 1 fully saturated rings. The zero-order valence-electron chi connectivity index (χ0n) is 12.1. The van der Waals surface area contributed by atoms with Crippen molar-refractivity contribution >= 4 is 0 Å². The van der Waals surface area contributed by atoms with E-state index in [9.17, 15) is 5.11 Å². The summed E-state index contributed by atoms with van der Waals surface area (Å²) in [5.41, 5.74) is 0.434. The lowest BCUT2D eigenvalue weighted by Gasteiger charge is -2.47. The monoisotopic (exact) mass is 278 g/mol. The van der Waals surface area contributed by atoms with Gasteiger partial charge in [0.1, 0.15) is 17.1 Å². The van der Waals surface area contributed by atoms with E-state index in [1.807, 2.05) is 18.2 Å². The molecule has 1 aliphatic heterocycles. The van der Waals surface area contributed by atoms with Crippen LogP contribution in [0, 0.1) is 0 Å². The molecule has 0 bridgehead atoms. The minimum atomic E-state index is -0.524. The van der Waals surface area contributed by atoms with Gasteiger partial charge in [0.25, 0.3) is 0 Å². The lowest BCUT2D eigenvalue weighted by molar-refractivity contribution is -0.130. The molecule has 0 aromatic heterocycles. The third kappa shape index (κ3) is 2.17. The predicted octanol–water partition coefficient (Wildman–Crippen LogP) is 2.84. The summed E-state index contributed by atoms with van der Waals surface area (Å²) in [7, 11) is 3.36. The van der Waals surface area contributed by atoms with Crippen LogP contribution in [0.3, 0.4) is 0 Å². The summed E-state index contributed by atoms with van der Waals surface area (Å²) in [6.07, 6.45) is 4.34. The second-order valence-electron chi connectivity index (χ2n) is 5.76. The first-order valence-electron chi connectivity index (χ1n) is 7.26. The molecule has 110 valence electrons. The summed E-state index contributed by atoms with van der Waals surface area (Å²) in [4.78, 5) is 0. The summed E-state index contributed by atoms with van der Waals surface area (Å²) in [5, 5.41) is 10.5. The predicted molar refractivity (Wildman–Crippen MR) is 75.2 cm³/mol. The summed E-state index contributed by atoms with van der Waals surface area (Å²) in [5.74, 6) is 1.50. The molecule has 1 saturated carbocycles. The van der Waals surface area contributed by atoms with Gasteiger partial charge < -0.3 is 19.3 Å². The van der Waals surface area contributed by atoms with E-state index in [1.165, 1.54) is 0 Å². The van der Waals surface area contributed by atoms with E-state index in [4.69, 9.17) is 14.2 Å². The molecule has 1 aromatic carbocycles. The Hall–Kier alpha value is -1.26. The normalized spacial score (nSPS) is 32.5. The molecule has 3 atom stereocenters. The molecule has 2 aliphatic rings. The third-order valence-corrected chi connectivity index (χ3v) is 4.62. The Morgan fingerprint density at radius 2 is 2.15 bits per heavy atom. The van der Waals surface area contributed by atoms with Crippen LogP contribution in [0.25, 0.3) is 0 Å². The zero-order chi connectivity index (χ0) is 14.2. The van der Waals surface area contributed by atoms with Crippen molar-refractivity contribution in [1.82, 2.24) is 0 Å². The fourth-order valence-corrected chi connectivity index (χ4v) is 3.57. The van der Waals surface area contributed by atoms with Crippen molar-refractivity contribution in [3.05, 3.63) is 23.8 Å². The highest BCUT2D eigenvalue weighted by atomic mass is 16.6. The third-order valence-electron chi connectivity index (χ3n) is 4.62. The number of hydrogen-bond acceptors (Lipinski definition) is 4. The van der Waals surface area contributed by atoms with Crippen LogP contribution in [0.2, 0.25) is 0 Å². The van der Waals surface area contributed by atoms with E-state index >= 15 is 0 Å². The highest BCUT2D eigenvalue weighted by molar-refractivity contribution is 5.44. The number of hydrogen-bond donors (Lipinski definition) is 1. The second-order valence-corrected chi connectivity index (χ2v) is 5.76. The van der Waals surface area contributed by atoms with Crippen molar-refractivity contribution in [3.8, 4) is 11.5 Å². The summed E-state index contributed by atoms with van der Waals surface area (Å²) in [6.45, 7) is 0. The van der Waals surface area contributed by atoms with E-state index in [1.54, 1.807) is 14.2 Å². The summed E-state index contributed by atoms with van der Waals surface area (Å²) < 4.78 is 17.1. The number of aliphatic hydroxyl groups excluding tert-OH is 1. The SMILES string of the molecule is COc1ccc2c(c1)[C@H](O)CC1(CCCCC1OC)O2. The zero-order valence-corrected chi connectivity index (χ0v) is 12.1. The Bertz CT molecular complexity index is 487. The molecule has 1 spiro atoms. The van der Waals surface area contributed by atoms with Crippen LogP contribution >= 0.6 is 0 Å². The van der Waals surface area contributed by atoms with Gasteiger partial charge in [0, 0.05) is 19.1 Å². The van der Waals surface area contributed by atoms with Gasteiger partial charge in [0.15, 0.2) is 0 Å². The maximum absolute atomic E-state index is 10.5. The van der Waals surface area contributed by atoms with Gasteiger partial charge in [-0.25, -0.2) is 0 Å². The molecule has 4 nitrogen and oxygen atoms in total. The Balaban J connectivity index is 1.95. The fraction of sp³-hybridized carbons (Fsp3) is 0.625. The smallest absolute Gasteiger partial charge is 0.138 e.